The van der Waals surface area contributed by atoms with Gasteiger partial charge in [0.1, 0.15) is 16.5 Å². The molecule has 4 aromatic rings. The molecule has 0 amide bonds. The van der Waals surface area contributed by atoms with E-state index in [2.05, 4.69) is 51.6 Å². The lowest BCUT2D eigenvalue weighted by Crippen LogP contribution is -2.20. The summed E-state index contributed by atoms with van der Waals surface area (Å²) in [5, 5.41) is 7.60. The summed E-state index contributed by atoms with van der Waals surface area (Å²) in [5.41, 5.74) is 3.53. The van der Waals surface area contributed by atoms with Crippen LogP contribution in [-0.2, 0) is 20.1 Å². The summed E-state index contributed by atoms with van der Waals surface area (Å²) in [4.78, 5) is 15.1. The molecule has 0 saturated heterocycles. The minimum absolute atomic E-state index is 0.711. The smallest absolute Gasteiger partial charge is 0.146 e. The maximum Gasteiger partial charge on any atom is 0.146 e. The van der Waals surface area contributed by atoms with E-state index in [-0.39, 0.29) is 0 Å². The van der Waals surface area contributed by atoms with E-state index in [9.17, 15) is 0 Å². The van der Waals surface area contributed by atoms with Crippen molar-refractivity contribution in [3.05, 3.63) is 59.5 Å². The molecule has 6 nitrogen and oxygen atoms in total. The molecule has 0 saturated carbocycles. The van der Waals surface area contributed by atoms with E-state index in [4.69, 9.17) is 9.97 Å². The predicted molar refractivity (Wildman–Crippen MR) is 116 cm³/mol. The standard InChI is InChI=1S/C21H24N6S/c1-25(2)13-18-23-20(26(3)11-15-10-22-27(4)12-15)19-17(14-28-21(19)24-18)16-8-6-5-7-9-16/h5-10,12,14H,11,13H2,1-4H3. The van der Waals surface area contributed by atoms with Crippen molar-refractivity contribution in [1.29, 1.82) is 0 Å². The second-order valence-corrected chi connectivity index (χ2v) is 8.13. The summed E-state index contributed by atoms with van der Waals surface area (Å²) in [7, 11) is 8.10. The second-order valence-electron chi connectivity index (χ2n) is 7.28. The number of fused-ring (bicyclic) bond motifs is 1. The lowest BCUT2D eigenvalue weighted by molar-refractivity contribution is 0.391. The number of anilines is 1. The Hall–Kier alpha value is -2.77. The van der Waals surface area contributed by atoms with Crippen LogP contribution in [0.5, 0.6) is 0 Å². The zero-order chi connectivity index (χ0) is 19.7. The molecule has 0 aliphatic carbocycles. The summed E-state index contributed by atoms with van der Waals surface area (Å²) in [5.74, 6) is 1.80. The fourth-order valence-electron chi connectivity index (χ4n) is 3.33. The Kier molecular flexibility index (Phi) is 5.11. The van der Waals surface area contributed by atoms with E-state index >= 15 is 0 Å². The van der Waals surface area contributed by atoms with Crippen molar-refractivity contribution in [3.63, 3.8) is 0 Å². The fourth-order valence-corrected chi connectivity index (χ4v) is 4.29. The largest absolute Gasteiger partial charge is 0.355 e. The molecular formula is C21H24N6S. The highest BCUT2D eigenvalue weighted by Gasteiger charge is 2.18. The van der Waals surface area contributed by atoms with Crippen LogP contribution in [0, 0.1) is 0 Å². The van der Waals surface area contributed by atoms with Crippen LogP contribution in [0.1, 0.15) is 11.4 Å². The van der Waals surface area contributed by atoms with Crippen LogP contribution >= 0.6 is 11.3 Å². The Morgan fingerprint density at radius 2 is 1.82 bits per heavy atom. The molecule has 144 valence electrons. The van der Waals surface area contributed by atoms with Crippen molar-refractivity contribution < 1.29 is 0 Å². The number of hydrogen-bond donors (Lipinski definition) is 0. The first kappa shape index (κ1) is 18.6. The van der Waals surface area contributed by atoms with Crippen LogP contribution in [0.15, 0.2) is 48.1 Å². The number of nitrogens with zero attached hydrogens (tertiary/aromatic N) is 6. The second kappa shape index (κ2) is 7.69. The van der Waals surface area contributed by atoms with Crippen LogP contribution in [0.2, 0.25) is 0 Å². The molecule has 0 fully saturated rings. The van der Waals surface area contributed by atoms with Crippen LogP contribution in [0.3, 0.4) is 0 Å². The molecule has 3 aromatic heterocycles. The minimum atomic E-state index is 0.711. The van der Waals surface area contributed by atoms with Gasteiger partial charge in [-0.2, -0.15) is 5.10 Å². The molecule has 0 atom stereocenters. The summed E-state index contributed by atoms with van der Waals surface area (Å²) in [6, 6.07) is 10.5. The van der Waals surface area contributed by atoms with Crippen LogP contribution in [0.4, 0.5) is 5.82 Å². The summed E-state index contributed by atoms with van der Waals surface area (Å²) < 4.78 is 1.83. The Labute approximate surface area is 169 Å². The molecule has 0 spiro atoms. The van der Waals surface area contributed by atoms with E-state index in [0.29, 0.717) is 6.54 Å². The van der Waals surface area contributed by atoms with Gasteiger partial charge in [-0.3, -0.25) is 4.68 Å². The Morgan fingerprint density at radius 1 is 1.04 bits per heavy atom. The van der Waals surface area contributed by atoms with Gasteiger partial charge in [-0.05, 0) is 19.7 Å². The molecule has 28 heavy (non-hydrogen) atoms. The van der Waals surface area contributed by atoms with E-state index < -0.39 is 0 Å². The molecular weight excluding hydrogens is 368 g/mol. The van der Waals surface area contributed by atoms with Crippen molar-refractivity contribution in [2.75, 3.05) is 26.0 Å². The van der Waals surface area contributed by atoms with E-state index in [1.807, 2.05) is 44.3 Å². The molecule has 0 bridgehead atoms. The number of aryl methyl sites for hydroxylation is 1. The molecule has 0 aliphatic rings. The van der Waals surface area contributed by atoms with Gasteiger partial charge in [0.2, 0.25) is 0 Å². The van der Waals surface area contributed by atoms with Crippen molar-refractivity contribution in [2.45, 2.75) is 13.1 Å². The number of aromatic nitrogens is 4. The lowest BCUT2D eigenvalue weighted by atomic mass is 10.1. The molecule has 4 rings (SSSR count). The maximum absolute atomic E-state index is 4.95. The third kappa shape index (κ3) is 3.76. The number of hydrogen-bond acceptors (Lipinski definition) is 6. The van der Waals surface area contributed by atoms with Crippen LogP contribution in [-0.4, -0.2) is 45.8 Å². The van der Waals surface area contributed by atoms with E-state index in [1.54, 1.807) is 11.3 Å². The Balaban J connectivity index is 1.83. The van der Waals surface area contributed by atoms with Gasteiger partial charge < -0.3 is 9.80 Å². The Morgan fingerprint density at radius 3 is 2.50 bits per heavy atom. The van der Waals surface area contributed by atoms with Gasteiger partial charge in [0.15, 0.2) is 0 Å². The first-order valence-electron chi connectivity index (χ1n) is 9.18. The first-order valence-corrected chi connectivity index (χ1v) is 10.1. The Bertz CT molecular complexity index is 1080. The van der Waals surface area contributed by atoms with Gasteiger partial charge in [-0.25, -0.2) is 9.97 Å². The quantitative estimate of drug-likeness (QED) is 0.500. The number of benzene rings is 1. The number of thiophene rings is 1. The lowest BCUT2D eigenvalue weighted by Gasteiger charge is -2.20. The summed E-state index contributed by atoms with van der Waals surface area (Å²) >= 11 is 1.68. The predicted octanol–water partition coefficient (Wildman–Crippen LogP) is 3.79. The molecule has 0 unspecified atom stereocenters. The summed E-state index contributed by atoms with van der Waals surface area (Å²) in [6.45, 7) is 1.45. The van der Waals surface area contributed by atoms with Crippen molar-refractivity contribution in [2.24, 2.45) is 7.05 Å². The fraction of sp³-hybridized carbons (Fsp3) is 0.286. The zero-order valence-corrected chi connectivity index (χ0v) is 17.4. The summed E-state index contributed by atoms with van der Waals surface area (Å²) in [6.07, 6.45) is 3.95. The first-order chi connectivity index (χ1) is 13.5. The van der Waals surface area contributed by atoms with Gasteiger partial charge in [-0.1, -0.05) is 30.3 Å². The van der Waals surface area contributed by atoms with Gasteiger partial charge in [-0.15, -0.1) is 11.3 Å². The molecule has 0 N–H and O–H groups in total. The number of rotatable bonds is 6. The average Bonchev–Trinajstić information content (AvgIpc) is 3.27. The topological polar surface area (TPSA) is 50.1 Å². The maximum atomic E-state index is 4.95. The van der Waals surface area contributed by atoms with Crippen molar-refractivity contribution in [1.82, 2.24) is 24.6 Å². The van der Waals surface area contributed by atoms with Gasteiger partial charge in [0, 0.05) is 43.3 Å². The monoisotopic (exact) mass is 392 g/mol. The third-order valence-electron chi connectivity index (χ3n) is 4.54. The highest BCUT2D eigenvalue weighted by molar-refractivity contribution is 7.17. The minimum Gasteiger partial charge on any atom is -0.355 e. The van der Waals surface area contributed by atoms with E-state index in [0.717, 1.165) is 34.0 Å². The van der Waals surface area contributed by atoms with Gasteiger partial charge in [0.25, 0.3) is 0 Å². The molecule has 7 heteroatoms. The molecule has 0 radical (unpaired) electrons. The SMILES string of the molecule is CN(C)Cc1nc(N(C)Cc2cnn(C)c2)c2c(-c3ccccc3)csc2n1. The van der Waals surface area contributed by atoms with Gasteiger partial charge in [0.05, 0.1) is 18.1 Å². The van der Waals surface area contributed by atoms with Crippen LogP contribution in [0.25, 0.3) is 21.3 Å². The molecule has 3 heterocycles. The third-order valence-corrected chi connectivity index (χ3v) is 5.42. The highest BCUT2D eigenvalue weighted by Crippen LogP contribution is 2.38. The zero-order valence-electron chi connectivity index (χ0n) is 16.6. The normalized spacial score (nSPS) is 11.5. The average molecular weight is 393 g/mol. The van der Waals surface area contributed by atoms with Crippen molar-refractivity contribution >= 4 is 27.4 Å². The molecule has 1 aromatic carbocycles. The van der Waals surface area contributed by atoms with Crippen molar-refractivity contribution in [3.8, 4) is 11.1 Å². The van der Waals surface area contributed by atoms with Crippen LogP contribution < -0.4 is 4.90 Å². The molecule has 0 aliphatic heterocycles. The van der Waals surface area contributed by atoms with Gasteiger partial charge >= 0.3 is 0 Å². The highest BCUT2D eigenvalue weighted by atomic mass is 32.1. The van der Waals surface area contributed by atoms with E-state index in [1.165, 1.54) is 11.1 Å².